The summed E-state index contributed by atoms with van der Waals surface area (Å²) >= 11 is 5.96. The van der Waals surface area contributed by atoms with Crippen molar-refractivity contribution in [3.05, 3.63) is 47.6 Å². The first kappa shape index (κ1) is 17.6. The molecule has 2 rings (SSSR count). The highest BCUT2D eigenvalue weighted by atomic mass is 35.5. The topological polar surface area (TPSA) is 50.1 Å². The molecule has 0 saturated carbocycles. The molecule has 2 aliphatic carbocycles. The minimum absolute atomic E-state index is 0.0612. The molecule has 0 aromatic heterocycles. The van der Waals surface area contributed by atoms with Gasteiger partial charge in [0.2, 0.25) is 0 Å². The van der Waals surface area contributed by atoms with Crippen molar-refractivity contribution >= 4 is 17.6 Å². The normalized spacial score (nSPS) is 25.6. The maximum Gasteiger partial charge on any atom is 0.311 e. The number of nitrogens with zero attached hydrogens (tertiary/aromatic N) is 1. The number of hydrogen-bond donors (Lipinski definition) is 0. The van der Waals surface area contributed by atoms with E-state index in [1.54, 1.807) is 0 Å². The van der Waals surface area contributed by atoms with Gasteiger partial charge in [0.1, 0.15) is 6.07 Å². The Morgan fingerprint density at radius 3 is 2.61 bits per heavy atom. The van der Waals surface area contributed by atoms with E-state index in [-0.39, 0.29) is 29.6 Å². The first-order valence-electron chi connectivity index (χ1n) is 8.00. The number of hydrogen-bond acceptors (Lipinski definition) is 3. The highest BCUT2D eigenvalue weighted by Crippen LogP contribution is 2.32. The van der Waals surface area contributed by atoms with E-state index >= 15 is 0 Å². The first-order chi connectivity index (χ1) is 11.0. The monoisotopic (exact) mass is 331 g/mol. The number of nitriles is 1. The van der Waals surface area contributed by atoms with Gasteiger partial charge in [-0.1, -0.05) is 61.9 Å². The molecule has 0 aliphatic heterocycles. The molecule has 3 nitrogen and oxygen atoms in total. The minimum atomic E-state index is -0.739. The lowest BCUT2D eigenvalue weighted by Gasteiger charge is -2.29. The molecule has 0 spiro atoms. The van der Waals surface area contributed by atoms with Gasteiger partial charge in [-0.15, -0.1) is 0 Å². The van der Waals surface area contributed by atoms with Crippen molar-refractivity contribution in [2.45, 2.75) is 32.8 Å². The van der Waals surface area contributed by atoms with Crippen molar-refractivity contribution in [2.24, 2.45) is 23.7 Å². The second-order valence-corrected chi connectivity index (χ2v) is 6.75. The molecule has 23 heavy (non-hydrogen) atoms. The lowest BCUT2D eigenvalue weighted by atomic mass is 9.80. The average Bonchev–Trinajstić information content (AvgIpc) is 2.55. The zero-order chi connectivity index (χ0) is 16.8. The number of carbonyl (C=O) groups is 1. The average molecular weight is 332 g/mol. The summed E-state index contributed by atoms with van der Waals surface area (Å²) in [5.41, 5.74) is 0. The van der Waals surface area contributed by atoms with Gasteiger partial charge in [-0.2, -0.15) is 5.26 Å². The van der Waals surface area contributed by atoms with Crippen molar-refractivity contribution in [3.8, 4) is 6.07 Å². The van der Waals surface area contributed by atoms with Gasteiger partial charge >= 0.3 is 5.97 Å². The third-order valence-corrected chi connectivity index (χ3v) is 4.59. The molecule has 0 fully saturated rings. The lowest BCUT2D eigenvalue weighted by Crippen LogP contribution is -2.34. The molecule has 0 radical (unpaired) electrons. The molecule has 4 atom stereocenters. The van der Waals surface area contributed by atoms with E-state index in [0.717, 1.165) is 12.8 Å². The molecule has 122 valence electrons. The quantitative estimate of drug-likeness (QED) is 0.696. The van der Waals surface area contributed by atoms with Crippen LogP contribution in [-0.4, -0.2) is 12.1 Å². The van der Waals surface area contributed by atoms with Crippen molar-refractivity contribution < 1.29 is 9.53 Å². The van der Waals surface area contributed by atoms with Crippen LogP contribution in [0.3, 0.4) is 0 Å². The zero-order valence-electron chi connectivity index (χ0n) is 13.5. The van der Waals surface area contributed by atoms with Crippen molar-refractivity contribution in [3.63, 3.8) is 0 Å². The van der Waals surface area contributed by atoms with Gasteiger partial charge in [0.25, 0.3) is 0 Å². The molecule has 0 amide bonds. The smallest absolute Gasteiger partial charge is 0.311 e. The van der Waals surface area contributed by atoms with Gasteiger partial charge in [-0.05, 0) is 30.8 Å². The van der Waals surface area contributed by atoms with Gasteiger partial charge in [-0.25, -0.2) is 0 Å². The molecule has 0 saturated heterocycles. The predicted octanol–water partition coefficient (Wildman–Crippen LogP) is 4.53. The molecular formula is C19H22ClNO2. The minimum Gasteiger partial charge on any atom is -0.446 e. The third kappa shape index (κ3) is 4.59. The number of ether oxygens (including phenoxy) is 1. The fourth-order valence-corrected chi connectivity index (χ4v) is 3.22. The number of esters is 1. The molecule has 0 aromatic carbocycles. The maximum atomic E-state index is 12.7. The van der Waals surface area contributed by atoms with Crippen LogP contribution in [-0.2, 0) is 9.53 Å². The van der Waals surface area contributed by atoms with E-state index in [2.05, 4.69) is 6.07 Å². The molecule has 2 aliphatic rings. The van der Waals surface area contributed by atoms with Gasteiger partial charge in [0, 0.05) is 11.0 Å². The fourth-order valence-electron chi connectivity index (χ4n) is 3.06. The van der Waals surface area contributed by atoms with E-state index in [9.17, 15) is 10.1 Å². The Morgan fingerprint density at radius 2 is 2.09 bits per heavy atom. The van der Waals surface area contributed by atoms with Gasteiger partial charge in [0.15, 0.2) is 6.10 Å². The summed E-state index contributed by atoms with van der Waals surface area (Å²) in [5.74, 6) is -0.450. The Bertz CT molecular complexity index is 595. The van der Waals surface area contributed by atoms with E-state index in [4.69, 9.17) is 16.3 Å². The summed E-state index contributed by atoms with van der Waals surface area (Å²) in [6, 6.07) is 2.13. The summed E-state index contributed by atoms with van der Waals surface area (Å²) in [5, 5.41) is 10.1. The predicted molar refractivity (Wildman–Crippen MR) is 91.4 cm³/mol. The highest BCUT2D eigenvalue weighted by Gasteiger charge is 2.34. The van der Waals surface area contributed by atoms with Crippen molar-refractivity contribution in [1.29, 1.82) is 5.26 Å². The second kappa shape index (κ2) is 8.17. The van der Waals surface area contributed by atoms with Crippen LogP contribution in [0.1, 0.15) is 26.7 Å². The van der Waals surface area contributed by atoms with Crippen LogP contribution >= 0.6 is 11.6 Å². The number of rotatable bonds is 5. The SMILES string of the molecule is CC(C)C(C(=O)OC(C#N)C1C=CC=CC1)C1C=CC(Cl)=CC1. The molecule has 4 heteroatoms. The van der Waals surface area contributed by atoms with Crippen LogP contribution in [0.4, 0.5) is 0 Å². The Labute approximate surface area is 143 Å². The molecule has 0 N–H and O–H groups in total. The van der Waals surface area contributed by atoms with Gasteiger partial charge in [-0.3, -0.25) is 4.79 Å². The number of carbonyl (C=O) groups excluding carboxylic acids is 1. The van der Waals surface area contributed by atoms with E-state index in [1.807, 2.05) is 56.4 Å². The standard InChI is InChI=1S/C19H22ClNO2/c1-13(2)18(15-8-10-16(20)11-9-15)19(22)23-17(12-21)14-6-4-3-5-7-14/h3-6,8,10-11,13-15,17-18H,7,9H2,1-2H3. The van der Waals surface area contributed by atoms with Crippen LogP contribution < -0.4 is 0 Å². The van der Waals surface area contributed by atoms with E-state index < -0.39 is 6.10 Å². The molecule has 0 bridgehead atoms. The molecule has 0 heterocycles. The maximum absolute atomic E-state index is 12.7. The van der Waals surface area contributed by atoms with Crippen LogP contribution in [0.15, 0.2) is 47.6 Å². The summed E-state index contributed by atoms with van der Waals surface area (Å²) in [6.07, 6.45) is 14.2. The summed E-state index contributed by atoms with van der Waals surface area (Å²) in [4.78, 5) is 12.7. The summed E-state index contributed by atoms with van der Waals surface area (Å²) in [7, 11) is 0. The Kier molecular flexibility index (Phi) is 6.24. The van der Waals surface area contributed by atoms with Crippen molar-refractivity contribution in [1.82, 2.24) is 0 Å². The van der Waals surface area contributed by atoms with E-state index in [1.165, 1.54) is 0 Å². The largest absolute Gasteiger partial charge is 0.446 e. The van der Waals surface area contributed by atoms with Crippen LogP contribution in [0.2, 0.25) is 0 Å². The summed E-state index contributed by atoms with van der Waals surface area (Å²) < 4.78 is 5.57. The lowest BCUT2D eigenvalue weighted by molar-refractivity contribution is -0.156. The van der Waals surface area contributed by atoms with Gasteiger partial charge < -0.3 is 4.74 Å². The number of allylic oxidation sites excluding steroid dienone is 7. The molecule has 4 unspecified atom stereocenters. The zero-order valence-corrected chi connectivity index (χ0v) is 14.2. The number of halogens is 1. The Balaban J connectivity index is 2.06. The first-order valence-corrected chi connectivity index (χ1v) is 8.38. The van der Waals surface area contributed by atoms with Crippen LogP contribution in [0.25, 0.3) is 0 Å². The third-order valence-electron chi connectivity index (χ3n) is 4.31. The van der Waals surface area contributed by atoms with Gasteiger partial charge in [0.05, 0.1) is 5.92 Å². The molecule has 0 aromatic rings. The Hall–Kier alpha value is -1.79. The summed E-state index contributed by atoms with van der Waals surface area (Å²) in [6.45, 7) is 4.01. The Morgan fingerprint density at radius 1 is 1.30 bits per heavy atom. The second-order valence-electron chi connectivity index (χ2n) is 6.32. The highest BCUT2D eigenvalue weighted by molar-refractivity contribution is 6.31. The fraction of sp³-hybridized carbons (Fsp3) is 0.474. The van der Waals surface area contributed by atoms with Crippen LogP contribution in [0, 0.1) is 35.0 Å². The van der Waals surface area contributed by atoms with Crippen LogP contribution in [0.5, 0.6) is 0 Å². The van der Waals surface area contributed by atoms with E-state index in [0.29, 0.717) is 5.03 Å². The molecular weight excluding hydrogens is 310 g/mol. The van der Waals surface area contributed by atoms with Crippen molar-refractivity contribution in [2.75, 3.05) is 0 Å².